The molecule has 82 heavy (non-hydrogen) atoms. The average Bonchev–Trinajstić information content (AvgIpc) is 1.31. The summed E-state index contributed by atoms with van der Waals surface area (Å²) in [5.74, 6) is 0. The Morgan fingerprint density at radius 1 is 0.293 bits per heavy atom. The first-order chi connectivity index (χ1) is 44.9. The number of para-hydroxylation sites is 2. The Morgan fingerprint density at radius 2 is 0.768 bits per heavy atom. The van der Waals surface area contributed by atoms with Gasteiger partial charge in [0.1, 0.15) is 0 Å². The Kier molecular flexibility index (Phi) is 8.38. The Labute approximate surface area is 490 Å². The van der Waals surface area contributed by atoms with Gasteiger partial charge in [-0.15, -0.1) is 0 Å². The molecule has 0 amide bonds. The van der Waals surface area contributed by atoms with Crippen LogP contribution in [0.5, 0.6) is 0 Å². The van der Waals surface area contributed by atoms with Crippen molar-refractivity contribution >= 4 is 117 Å². The first kappa shape index (κ1) is 37.2. The number of anilines is 6. The molecule has 0 bridgehead atoms. The summed E-state index contributed by atoms with van der Waals surface area (Å²) >= 11 is 0. The minimum atomic E-state index is -0.631. The number of rotatable bonds is 6. The van der Waals surface area contributed by atoms with Crippen LogP contribution < -0.4 is 26.2 Å². The van der Waals surface area contributed by atoms with Crippen molar-refractivity contribution in [2.24, 2.45) is 0 Å². The average molecular weight is 1050 g/mol. The fourth-order valence-electron chi connectivity index (χ4n) is 13.4. The Balaban J connectivity index is 1.09. The molecular weight excluding hydrogens is 990 g/mol. The van der Waals surface area contributed by atoms with Crippen molar-refractivity contribution < 1.29 is 13.7 Å². The molecular formula is C78H50BN3. The Hall–Kier alpha value is -10.7. The summed E-state index contributed by atoms with van der Waals surface area (Å²) in [4.78, 5) is 4.62. The smallest absolute Gasteiger partial charge is 0.252 e. The molecule has 3 nitrogen and oxygen atoms in total. The topological polar surface area (TPSA) is 10.9 Å². The molecule has 0 saturated heterocycles. The lowest BCUT2D eigenvalue weighted by Gasteiger charge is -2.44. The third-order valence-corrected chi connectivity index (χ3v) is 16.9. The van der Waals surface area contributed by atoms with E-state index in [1.807, 2.05) is 72.8 Å². The van der Waals surface area contributed by atoms with Crippen molar-refractivity contribution in [3.8, 4) is 44.5 Å². The predicted molar refractivity (Wildman–Crippen MR) is 350 cm³/mol. The fourth-order valence-corrected chi connectivity index (χ4v) is 13.4. The van der Waals surface area contributed by atoms with Crippen molar-refractivity contribution in [2.75, 3.05) is 9.80 Å². The van der Waals surface area contributed by atoms with Crippen LogP contribution in [0.3, 0.4) is 0 Å². The van der Waals surface area contributed by atoms with Crippen molar-refractivity contribution in [2.45, 2.75) is 0 Å². The fraction of sp³-hybridized carbons (Fsp3) is 0. The number of nitrogens with zero attached hydrogens (tertiary/aromatic N) is 3. The highest BCUT2D eigenvalue weighted by molar-refractivity contribution is 7.00. The van der Waals surface area contributed by atoms with Crippen LogP contribution in [0.25, 0.3) is 104 Å². The number of benzene rings is 13. The van der Waals surface area contributed by atoms with E-state index in [0.29, 0.717) is 16.8 Å². The van der Waals surface area contributed by atoms with Crippen molar-refractivity contribution in [1.29, 1.82) is 0 Å². The lowest BCUT2D eigenvalue weighted by Crippen LogP contribution is -2.61. The van der Waals surface area contributed by atoms with Gasteiger partial charge >= 0.3 is 0 Å². The van der Waals surface area contributed by atoms with E-state index in [-0.39, 0.29) is 35.3 Å². The van der Waals surface area contributed by atoms with E-state index in [4.69, 9.17) is 8.22 Å². The van der Waals surface area contributed by atoms with Crippen LogP contribution in [-0.4, -0.2) is 11.1 Å². The molecule has 0 spiro atoms. The van der Waals surface area contributed by atoms with Gasteiger partial charge in [-0.2, -0.15) is 0 Å². The van der Waals surface area contributed by atoms with E-state index in [9.17, 15) is 5.48 Å². The largest absolute Gasteiger partial charge is 0.311 e. The van der Waals surface area contributed by atoms with E-state index < -0.39 is 43.0 Å². The molecule has 380 valence electrons. The van der Waals surface area contributed by atoms with Gasteiger partial charge in [-0.3, -0.25) is 0 Å². The minimum Gasteiger partial charge on any atom is -0.311 e. The summed E-state index contributed by atoms with van der Waals surface area (Å²) in [6.45, 7) is -0.631. The third-order valence-electron chi connectivity index (χ3n) is 16.9. The van der Waals surface area contributed by atoms with Gasteiger partial charge in [0.15, 0.2) is 0 Å². The van der Waals surface area contributed by atoms with E-state index in [1.165, 1.54) is 0 Å². The maximum atomic E-state index is 9.40. The molecule has 0 radical (unpaired) electrons. The number of hydrogen-bond acceptors (Lipinski definition) is 2. The quantitative estimate of drug-likeness (QED) is 0.154. The van der Waals surface area contributed by atoms with Crippen LogP contribution in [0.4, 0.5) is 34.1 Å². The first-order valence-corrected chi connectivity index (χ1v) is 27.6. The van der Waals surface area contributed by atoms with Crippen molar-refractivity contribution in [3.05, 3.63) is 303 Å². The van der Waals surface area contributed by atoms with Crippen LogP contribution in [0.15, 0.2) is 303 Å². The maximum absolute atomic E-state index is 9.40. The van der Waals surface area contributed by atoms with Gasteiger partial charge in [-0.25, -0.2) is 0 Å². The van der Waals surface area contributed by atoms with Crippen LogP contribution in [-0.2, 0) is 0 Å². The zero-order valence-corrected chi connectivity index (χ0v) is 44.0. The van der Waals surface area contributed by atoms with E-state index in [2.05, 4.69) is 184 Å². The summed E-state index contributed by atoms with van der Waals surface area (Å²) in [6.07, 6.45) is 0. The number of fused-ring (bicyclic) bond motifs is 15. The lowest BCUT2D eigenvalue weighted by molar-refractivity contribution is 1.26. The van der Waals surface area contributed by atoms with Gasteiger partial charge in [0.25, 0.3) is 6.71 Å². The summed E-state index contributed by atoms with van der Waals surface area (Å²) in [6, 6.07) is 80.1. The Morgan fingerprint density at radius 3 is 1.39 bits per heavy atom. The summed E-state index contributed by atoms with van der Waals surface area (Å²) in [7, 11) is 0. The highest BCUT2D eigenvalue weighted by atomic mass is 15.2. The summed E-state index contributed by atoms with van der Waals surface area (Å²) in [5, 5.41) is 8.32. The first-order valence-electron chi connectivity index (χ1n) is 32.6. The van der Waals surface area contributed by atoms with E-state index in [1.54, 1.807) is 0 Å². The molecule has 4 heterocycles. The molecule has 0 N–H and O–H groups in total. The molecule has 0 aliphatic carbocycles. The molecule has 4 heteroatoms. The molecule has 0 unspecified atom stereocenters. The van der Waals surface area contributed by atoms with Gasteiger partial charge in [0, 0.05) is 50.0 Å². The second-order valence-electron chi connectivity index (χ2n) is 21.2. The minimum absolute atomic E-state index is 0.0618. The van der Waals surface area contributed by atoms with Gasteiger partial charge in [0.2, 0.25) is 0 Å². The van der Waals surface area contributed by atoms with E-state index >= 15 is 0 Å². The highest BCUT2D eigenvalue weighted by Crippen LogP contribution is 2.52. The number of aromatic nitrogens is 1. The van der Waals surface area contributed by atoms with Gasteiger partial charge in [0.05, 0.1) is 35.9 Å². The lowest BCUT2D eigenvalue weighted by atomic mass is 9.33. The molecule has 0 saturated carbocycles. The van der Waals surface area contributed by atoms with Crippen molar-refractivity contribution in [1.82, 2.24) is 4.40 Å². The standard InChI is InChI=1S/C78H50BN3/c1-5-20-51(21-6-1)55-36-42-59(43-37-55)80-71-47-41-57(53-24-9-3-10-25-53)48-69(71)79-68-46-40-58(54-26-11-4-12-27-54)49-72(68)81(60-44-38-56(39-45-60)52-22-7-2-8-23-52)78-75-67-34-19-33-66-64-31-16-14-29-62(64)61-28-13-15-30-63(61)65-32-17-18-35-70(65)82(77(66)67)73(75)50-74(80)76(78)79/h1-50H/i3D,4D,9D,10D,11D,12D,24D,25D,26D,27D. The number of hydrogen-bond donors (Lipinski definition) is 0. The zero-order valence-electron chi connectivity index (χ0n) is 54.0. The van der Waals surface area contributed by atoms with Crippen LogP contribution in [0.2, 0.25) is 0 Å². The molecule has 2 aliphatic rings. The summed E-state index contributed by atoms with van der Waals surface area (Å²) in [5.41, 5.74) is 15.4. The molecule has 0 atom stereocenters. The molecule has 15 aromatic rings. The molecule has 2 aliphatic heterocycles. The van der Waals surface area contributed by atoms with Crippen molar-refractivity contribution in [3.63, 3.8) is 0 Å². The SMILES string of the molecule is [2H]c1c([2H])c([2H])c(-c2ccc3c(c2)B2c4ccc(-c5c([2H])c([2H])c([2H])c([2H])c5[2H])cc4N(c4ccc(-c5ccccc5)cc4)c4c2c(cc2c4c4cccc5c6ccccc6c6ccccc6c6ccccc6n2c54)N3c2ccc(-c3ccccc3)cc2)c([2H])c1[2H]. The monoisotopic (exact) mass is 1050 g/mol. The van der Waals surface area contributed by atoms with Gasteiger partial charge in [-0.1, -0.05) is 255 Å². The molecule has 17 rings (SSSR count). The maximum Gasteiger partial charge on any atom is 0.252 e. The second kappa shape index (κ2) is 18.5. The Bertz CT molecular complexity index is 5660. The molecule has 2 aromatic heterocycles. The molecule has 13 aromatic carbocycles. The van der Waals surface area contributed by atoms with Crippen LogP contribution in [0.1, 0.15) is 13.7 Å². The van der Waals surface area contributed by atoms with Gasteiger partial charge < -0.3 is 14.2 Å². The normalized spacial score (nSPS) is 14.3. The van der Waals surface area contributed by atoms with E-state index in [0.717, 1.165) is 127 Å². The predicted octanol–water partition coefficient (Wildman–Crippen LogP) is 19.0. The summed E-state index contributed by atoms with van der Waals surface area (Å²) < 4.78 is 92.8. The highest BCUT2D eigenvalue weighted by Gasteiger charge is 2.45. The van der Waals surface area contributed by atoms with Crippen LogP contribution in [0, 0.1) is 0 Å². The third kappa shape index (κ3) is 7.05. The van der Waals surface area contributed by atoms with Crippen LogP contribution >= 0.6 is 0 Å². The molecule has 0 fully saturated rings. The zero-order chi connectivity index (χ0) is 62.5. The second-order valence-corrected chi connectivity index (χ2v) is 21.2. The van der Waals surface area contributed by atoms with Gasteiger partial charge in [-0.05, 0) is 131 Å².